The molecular formula is C10H9ClO3. The molecule has 0 spiro atoms. The highest BCUT2D eigenvalue weighted by Crippen LogP contribution is 2.17. The summed E-state index contributed by atoms with van der Waals surface area (Å²) in [5, 5.41) is 9.15. The van der Waals surface area contributed by atoms with Crippen molar-refractivity contribution >= 4 is 23.3 Å². The molecule has 0 aliphatic heterocycles. The van der Waals surface area contributed by atoms with Crippen LogP contribution in [-0.2, 0) is 9.53 Å². The Morgan fingerprint density at radius 3 is 2.43 bits per heavy atom. The lowest BCUT2D eigenvalue weighted by Gasteiger charge is -2.04. The minimum atomic E-state index is -1.04. The Bertz CT molecular complexity index is 354. The number of aliphatic carboxylic acids is 1. The maximum atomic E-state index is 10.4. The van der Waals surface area contributed by atoms with E-state index < -0.39 is 5.97 Å². The summed E-state index contributed by atoms with van der Waals surface area (Å²) < 4.78 is 4.92. The maximum absolute atomic E-state index is 10.4. The molecule has 0 radical (unpaired) electrons. The fourth-order valence-corrected chi connectivity index (χ4v) is 1.11. The summed E-state index contributed by atoms with van der Waals surface area (Å²) in [5.41, 5.74) is 0.680. The predicted molar refractivity (Wildman–Crippen MR) is 54.1 cm³/mol. The van der Waals surface area contributed by atoms with Gasteiger partial charge in [-0.3, -0.25) is 0 Å². The molecule has 0 aromatic heterocycles. The summed E-state index contributed by atoms with van der Waals surface area (Å²) in [4.78, 5) is 10.4. The van der Waals surface area contributed by atoms with Gasteiger partial charge >= 0.3 is 5.97 Å². The first-order valence-electron chi connectivity index (χ1n) is 3.88. The molecule has 0 fully saturated rings. The molecule has 0 heterocycles. The molecule has 0 atom stereocenters. The minimum absolute atomic E-state index is 0.300. The first-order chi connectivity index (χ1) is 6.63. The van der Waals surface area contributed by atoms with Crippen LogP contribution in [0.5, 0.6) is 0 Å². The number of methoxy groups -OCH3 is 1. The lowest BCUT2D eigenvalue weighted by molar-refractivity contribution is -0.131. The van der Waals surface area contributed by atoms with E-state index in [0.717, 1.165) is 6.08 Å². The Kier molecular flexibility index (Phi) is 3.54. The maximum Gasteiger partial charge on any atom is 0.332 e. The van der Waals surface area contributed by atoms with Crippen LogP contribution in [-0.4, -0.2) is 18.2 Å². The molecule has 1 N–H and O–H groups in total. The number of hydrogen-bond donors (Lipinski definition) is 1. The van der Waals surface area contributed by atoms with Gasteiger partial charge in [0.2, 0.25) is 0 Å². The van der Waals surface area contributed by atoms with Crippen molar-refractivity contribution in [2.75, 3.05) is 7.11 Å². The van der Waals surface area contributed by atoms with Crippen LogP contribution >= 0.6 is 11.6 Å². The van der Waals surface area contributed by atoms with Gasteiger partial charge < -0.3 is 9.84 Å². The van der Waals surface area contributed by atoms with E-state index in [-0.39, 0.29) is 0 Å². The molecule has 0 aliphatic carbocycles. The van der Waals surface area contributed by atoms with Crippen molar-refractivity contribution in [3.8, 4) is 0 Å². The molecule has 74 valence electrons. The molecule has 0 amide bonds. The summed E-state index contributed by atoms with van der Waals surface area (Å²) in [6.45, 7) is 0. The van der Waals surface area contributed by atoms with Gasteiger partial charge in [-0.25, -0.2) is 4.79 Å². The normalized spacial score (nSPS) is 11.1. The Hall–Kier alpha value is -1.48. The van der Waals surface area contributed by atoms with Crippen LogP contribution in [0.1, 0.15) is 5.56 Å². The topological polar surface area (TPSA) is 46.5 Å². The van der Waals surface area contributed by atoms with E-state index in [1.54, 1.807) is 24.3 Å². The summed E-state index contributed by atoms with van der Waals surface area (Å²) in [5.74, 6) is -0.744. The van der Waals surface area contributed by atoms with Crippen molar-refractivity contribution in [3.05, 3.63) is 40.9 Å². The molecule has 0 bridgehead atoms. The number of carboxylic acid groups (broad SMARTS) is 1. The second-order valence-corrected chi connectivity index (χ2v) is 2.99. The summed E-state index contributed by atoms with van der Waals surface area (Å²) in [7, 11) is 1.42. The van der Waals surface area contributed by atoms with Gasteiger partial charge in [0, 0.05) is 10.6 Å². The van der Waals surface area contributed by atoms with Crippen LogP contribution in [0.4, 0.5) is 0 Å². The molecule has 0 saturated heterocycles. The molecule has 3 nitrogen and oxygen atoms in total. The van der Waals surface area contributed by atoms with Crippen molar-refractivity contribution in [2.24, 2.45) is 0 Å². The van der Waals surface area contributed by atoms with Gasteiger partial charge in [-0.05, 0) is 24.3 Å². The number of carboxylic acids is 1. The average molecular weight is 213 g/mol. The van der Waals surface area contributed by atoms with Crippen molar-refractivity contribution < 1.29 is 14.6 Å². The fraction of sp³-hybridized carbons (Fsp3) is 0.100. The molecule has 0 aliphatic rings. The first-order valence-corrected chi connectivity index (χ1v) is 4.26. The van der Waals surface area contributed by atoms with Crippen LogP contribution in [0.15, 0.2) is 30.3 Å². The Balaban J connectivity index is 3.01. The third-order valence-corrected chi connectivity index (χ3v) is 1.86. The lowest BCUT2D eigenvalue weighted by atomic mass is 10.2. The molecule has 4 heteroatoms. The van der Waals surface area contributed by atoms with Gasteiger partial charge in [0.05, 0.1) is 13.2 Å². The Morgan fingerprint density at radius 2 is 2.00 bits per heavy atom. The van der Waals surface area contributed by atoms with Crippen molar-refractivity contribution in [3.63, 3.8) is 0 Å². The lowest BCUT2D eigenvalue weighted by Crippen LogP contribution is -1.94. The van der Waals surface area contributed by atoms with Crippen LogP contribution in [0, 0.1) is 0 Å². The number of ether oxygens (including phenoxy) is 1. The molecular weight excluding hydrogens is 204 g/mol. The largest absolute Gasteiger partial charge is 0.496 e. The highest BCUT2D eigenvalue weighted by molar-refractivity contribution is 6.30. The van der Waals surface area contributed by atoms with Gasteiger partial charge in [-0.15, -0.1) is 0 Å². The van der Waals surface area contributed by atoms with E-state index in [1.807, 2.05) is 0 Å². The van der Waals surface area contributed by atoms with Crippen LogP contribution in [0.2, 0.25) is 5.02 Å². The van der Waals surface area contributed by atoms with E-state index in [9.17, 15) is 4.79 Å². The quantitative estimate of drug-likeness (QED) is 0.618. The zero-order valence-corrected chi connectivity index (χ0v) is 8.28. The van der Waals surface area contributed by atoms with Crippen molar-refractivity contribution in [2.45, 2.75) is 0 Å². The monoisotopic (exact) mass is 212 g/mol. The van der Waals surface area contributed by atoms with E-state index in [2.05, 4.69) is 0 Å². The predicted octanol–water partition coefficient (Wildman–Crippen LogP) is 2.41. The van der Waals surface area contributed by atoms with E-state index in [0.29, 0.717) is 16.3 Å². The van der Waals surface area contributed by atoms with Gasteiger partial charge in [-0.2, -0.15) is 0 Å². The van der Waals surface area contributed by atoms with Gasteiger partial charge in [0.25, 0.3) is 0 Å². The Labute approximate surface area is 86.6 Å². The zero-order chi connectivity index (χ0) is 10.6. The third-order valence-electron chi connectivity index (χ3n) is 1.60. The van der Waals surface area contributed by atoms with Crippen LogP contribution in [0.3, 0.4) is 0 Å². The Morgan fingerprint density at radius 1 is 1.43 bits per heavy atom. The van der Waals surface area contributed by atoms with E-state index in [4.69, 9.17) is 21.4 Å². The second-order valence-electron chi connectivity index (χ2n) is 2.56. The number of hydrogen-bond acceptors (Lipinski definition) is 2. The third kappa shape index (κ3) is 2.78. The standard InChI is InChI=1S/C10H9ClO3/c1-14-9(6-10(12)13)7-2-4-8(11)5-3-7/h2-6H,1H3,(H,12,13). The van der Waals surface area contributed by atoms with Gasteiger partial charge in [0.15, 0.2) is 0 Å². The number of benzene rings is 1. The highest BCUT2D eigenvalue weighted by atomic mass is 35.5. The van der Waals surface area contributed by atoms with Crippen molar-refractivity contribution in [1.29, 1.82) is 0 Å². The van der Waals surface area contributed by atoms with Gasteiger partial charge in [0.1, 0.15) is 5.76 Å². The number of halogens is 1. The van der Waals surface area contributed by atoms with E-state index >= 15 is 0 Å². The van der Waals surface area contributed by atoms with Crippen molar-refractivity contribution in [1.82, 2.24) is 0 Å². The fourth-order valence-electron chi connectivity index (χ4n) is 0.986. The average Bonchev–Trinajstić information content (AvgIpc) is 2.15. The summed E-state index contributed by atoms with van der Waals surface area (Å²) in [6, 6.07) is 6.73. The highest BCUT2D eigenvalue weighted by Gasteiger charge is 2.03. The SMILES string of the molecule is COC(=CC(=O)O)c1ccc(Cl)cc1. The molecule has 0 saturated carbocycles. The first kappa shape index (κ1) is 10.6. The minimum Gasteiger partial charge on any atom is -0.496 e. The van der Waals surface area contributed by atoms with E-state index in [1.165, 1.54) is 7.11 Å². The molecule has 1 rings (SSSR count). The molecule has 0 unspecified atom stereocenters. The second kappa shape index (κ2) is 4.67. The van der Waals surface area contributed by atoms with Crippen LogP contribution in [0.25, 0.3) is 5.76 Å². The van der Waals surface area contributed by atoms with Gasteiger partial charge in [-0.1, -0.05) is 11.6 Å². The number of carbonyl (C=O) groups is 1. The summed E-state index contributed by atoms with van der Waals surface area (Å²) in [6.07, 6.45) is 1.00. The van der Waals surface area contributed by atoms with Crippen LogP contribution < -0.4 is 0 Å². The zero-order valence-electron chi connectivity index (χ0n) is 7.53. The molecule has 14 heavy (non-hydrogen) atoms. The number of rotatable bonds is 3. The smallest absolute Gasteiger partial charge is 0.332 e. The molecule has 1 aromatic rings. The summed E-state index contributed by atoms with van der Waals surface area (Å²) >= 11 is 5.69. The molecule has 1 aromatic carbocycles.